The standard InChI is InChI=1S/C48H64N10O6S/c1-10-57-38-16-15-29-19-32(38)33(42(57)31-13-11-17-49-40(31)27(2)3)21-48(6,7)26-64-46(62)34-14-12-18-58(53-34)45(61)35(20-39-51-37(29)25-65-39)52-43(59)41(28(4)5)55(9)47(63)54(8)30-23-56(24-30)44(60)36-22-50-36/h11,13,15-17,19,25,27-28,30,34-36,41,50,53H,10,12,14,18,20-24,26H2,1-9H3,(H,52,59)/t34-,35-,36-,41-/m0/s1. The average Bonchev–Trinajstić information content (AvgIpc) is 3.95. The highest BCUT2D eigenvalue weighted by atomic mass is 32.1. The number of hydrogen-bond acceptors (Lipinski definition) is 11. The number of likely N-dealkylation sites (tertiary alicyclic amines) is 1. The molecular formula is C48H64N10O6S. The van der Waals surface area contributed by atoms with E-state index in [9.17, 15) is 24.0 Å². The summed E-state index contributed by atoms with van der Waals surface area (Å²) in [7, 11) is 3.29. The lowest BCUT2D eigenvalue weighted by Gasteiger charge is -2.45. The number of likely N-dealkylation sites (N-methyl/N-ethyl adjacent to an activating group) is 2. The molecule has 3 fully saturated rings. The topological polar surface area (TPSA) is 184 Å². The molecule has 65 heavy (non-hydrogen) atoms. The molecule has 0 aliphatic carbocycles. The number of cyclic esters (lactones) is 1. The van der Waals surface area contributed by atoms with Gasteiger partial charge in [-0.3, -0.25) is 29.2 Å². The van der Waals surface area contributed by atoms with Gasteiger partial charge in [0.2, 0.25) is 11.8 Å². The summed E-state index contributed by atoms with van der Waals surface area (Å²) < 4.78 is 8.47. The number of rotatable bonds is 9. The molecule has 5 amide bonds. The second kappa shape index (κ2) is 18.5. The second-order valence-corrected chi connectivity index (χ2v) is 20.5. The molecule has 4 aliphatic rings. The lowest BCUT2D eigenvalue weighted by Crippen LogP contribution is -2.65. The molecule has 0 saturated carbocycles. The van der Waals surface area contributed by atoms with Gasteiger partial charge in [-0.05, 0) is 67.9 Å². The Hall–Kier alpha value is -5.39. The number of hydrazine groups is 1. The van der Waals surface area contributed by atoms with Gasteiger partial charge in [0.05, 0.1) is 40.8 Å². The number of nitrogens with one attached hydrogen (secondary N) is 3. The summed E-state index contributed by atoms with van der Waals surface area (Å²) in [6, 6.07) is 7.14. The Kier molecular flexibility index (Phi) is 13.1. The maximum Gasteiger partial charge on any atom is 0.324 e. The zero-order chi connectivity index (χ0) is 46.5. The molecule has 0 unspecified atom stereocenters. The summed E-state index contributed by atoms with van der Waals surface area (Å²) >= 11 is 1.42. The molecule has 4 aromatic rings. The average molecular weight is 909 g/mol. The van der Waals surface area contributed by atoms with Crippen molar-refractivity contribution in [2.45, 2.75) is 117 Å². The van der Waals surface area contributed by atoms with Crippen molar-refractivity contribution in [3.8, 4) is 22.5 Å². The minimum atomic E-state index is -1.07. The van der Waals surface area contributed by atoms with E-state index in [0.717, 1.165) is 51.2 Å². The molecule has 4 atom stereocenters. The molecule has 3 saturated heterocycles. The molecule has 3 N–H and O–H groups in total. The van der Waals surface area contributed by atoms with E-state index in [4.69, 9.17) is 14.7 Å². The molecule has 17 heteroatoms. The van der Waals surface area contributed by atoms with E-state index in [-0.39, 0.29) is 48.9 Å². The van der Waals surface area contributed by atoms with Crippen molar-refractivity contribution in [2.24, 2.45) is 11.3 Å². The Morgan fingerprint density at radius 1 is 1.09 bits per heavy atom. The third kappa shape index (κ3) is 9.37. The van der Waals surface area contributed by atoms with Gasteiger partial charge in [-0.2, -0.15) is 0 Å². The highest BCUT2D eigenvalue weighted by Crippen LogP contribution is 2.42. The van der Waals surface area contributed by atoms with Crippen molar-refractivity contribution in [3.63, 3.8) is 0 Å². The minimum absolute atomic E-state index is 0.0416. The van der Waals surface area contributed by atoms with Gasteiger partial charge in [0.15, 0.2) is 0 Å². The Labute approximate surface area is 385 Å². The van der Waals surface area contributed by atoms with Crippen LogP contribution in [0.4, 0.5) is 4.79 Å². The molecule has 3 aromatic heterocycles. The van der Waals surface area contributed by atoms with Crippen LogP contribution in [0.15, 0.2) is 41.9 Å². The van der Waals surface area contributed by atoms with Crippen LogP contribution in [0, 0.1) is 11.3 Å². The molecule has 0 radical (unpaired) electrons. The Balaban J connectivity index is 1.12. The number of nitrogens with zero attached hydrogens (tertiary/aromatic N) is 7. The molecule has 16 nitrogen and oxygen atoms in total. The van der Waals surface area contributed by atoms with E-state index in [2.05, 4.69) is 79.5 Å². The fourth-order valence-electron chi connectivity index (χ4n) is 9.63. The van der Waals surface area contributed by atoms with Gasteiger partial charge in [-0.25, -0.2) is 15.2 Å². The van der Waals surface area contributed by atoms with Crippen molar-refractivity contribution in [2.75, 3.05) is 46.9 Å². The highest BCUT2D eigenvalue weighted by molar-refractivity contribution is 7.10. The first kappa shape index (κ1) is 46.2. The van der Waals surface area contributed by atoms with Crippen LogP contribution in [0.3, 0.4) is 0 Å². The number of amides is 5. The minimum Gasteiger partial charge on any atom is -0.464 e. The molecule has 0 spiro atoms. The fourth-order valence-corrected chi connectivity index (χ4v) is 10.5. The molecule has 7 heterocycles. The maximum atomic E-state index is 14.6. The summed E-state index contributed by atoms with van der Waals surface area (Å²) in [5, 5.41) is 11.2. The summed E-state index contributed by atoms with van der Waals surface area (Å²) in [5.41, 5.74) is 9.79. The van der Waals surface area contributed by atoms with E-state index in [1.165, 1.54) is 21.2 Å². The lowest BCUT2D eigenvalue weighted by atomic mass is 9.84. The van der Waals surface area contributed by atoms with Crippen molar-refractivity contribution in [1.82, 2.24) is 50.3 Å². The normalized spacial score (nSPS) is 21.7. The number of benzene rings is 1. The first-order valence-corrected chi connectivity index (χ1v) is 24.0. The highest BCUT2D eigenvalue weighted by Gasteiger charge is 2.44. The van der Waals surface area contributed by atoms with Gasteiger partial charge in [0, 0.05) is 92.3 Å². The molecule has 1 aromatic carbocycles. The second-order valence-electron chi connectivity index (χ2n) is 19.6. The molecular weight excluding hydrogens is 845 g/mol. The maximum absolute atomic E-state index is 14.6. The van der Waals surface area contributed by atoms with E-state index in [1.807, 2.05) is 31.5 Å². The number of pyridine rings is 1. The number of carbonyl (C=O) groups is 5. The van der Waals surface area contributed by atoms with Crippen LogP contribution in [-0.4, -0.2) is 141 Å². The zero-order valence-corrected chi connectivity index (χ0v) is 40.0. The van der Waals surface area contributed by atoms with E-state index in [0.29, 0.717) is 50.4 Å². The smallest absolute Gasteiger partial charge is 0.324 e. The Bertz CT molecular complexity index is 2470. The largest absolute Gasteiger partial charge is 0.464 e. The number of urea groups is 1. The van der Waals surface area contributed by atoms with E-state index in [1.54, 1.807) is 23.9 Å². The third-order valence-electron chi connectivity index (χ3n) is 13.3. The van der Waals surface area contributed by atoms with Crippen molar-refractivity contribution in [1.29, 1.82) is 0 Å². The third-order valence-corrected chi connectivity index (χ3v) is 14.2. The van der Waals surface area contributed by atoms with Crippen LogP contribution in [0.5, 0.6) is 0 Å². The number of ether oxygens (including phenoxy) is 1. The van der Waals surface area contributed by atoms with E-state index < -0.39 is 41.3 Å². The van der Waals surface area contributed by atoms with Gasteiger partial charge in [-0.1, -0.05) is 47.6 Å². The number of aromatic nitrogens is 3. The van der Waals surface area contributed by atoms with Crippen LogP contribution < -0.4 is 16.1 Å². The van der Waals surface area contributed by atoms with Crippen LogP contribution in [0.2, 0.25) is 0 Å². The van der Waals surface area contributed by atoms with Crippen LogP contribution >= 0.6 is 11.3 Å². The summed E-state index contributed by atoms with van der Waals surface area (Å²) in [5.74, 6) is -1.42. The van der Waals surface area contributed by atoms with Crippen LogP contribution in [0.25, 0.3) is 33.4 Å². The lowest BCUT2D eigenvalue weighted by molar-refractivity contribution is -0.155. The predicted molar refractivity (Wildman–Crippen MR) is 250 cm³/mol. The fraction of sp³-hybridized carbons (Fsp3) is 0.562. The SMILES string of the molecule is CCn1c(-c2cccnc2C(C)C)c2c3cc(ccc31)-c1csc(n1)C[C@H](NC(=O)[C@H](C(C)C)N(C)C(=O)N(C)C1CN(C(=O)[C@@H]3CN3)C1)C(=O)N1CCC[C@H](N1)C(=O)OCC(C)(C)C2. The Morgan fingerprint density at radius 3 is 2.54 bits per heavy atom. The molecule has 8 rings (SSSR count). The Morgan fingerprint density at radius 2 is 1.85 bits per heavy atom. The van der Waals surface area contributed by atoms with Crippen molar-refractivity contribution >= 4 is 52.0 Å². The van der Waals surface area contributed by atoms with Crippen molar-refractivity contribution < 1.29 is 28.7 Å². The predicted octanol–water partition coefficient (Wildman–Crippen LogP) is 4.81. The zero-order valence-electron chi connectivity index (χ0n) is 39.1. The van der Waals surface area contributed by atoms with Gasteiger partial charge in [0.25, 0.3) is 5.91 Å². The van der Waals surface area contributed by atoms with Gasteiger partial charge >= 0.3 is 12.0 Å². The first-order valence-electron chi connectivity index (χ1n) is 23.1. The summed E-state index contributed by atoms with van der Waals surface area (Å²) in [4.78, 5) is 84.1. The molecule has 4 aliphatic heterocycles. The molecule has 6 bridgehead atoms. The quantitative estimate of drug-likeness (QED) is 0.156. The number of hydrogen-bond donors (Lipinski definition) is 3. The first-order chi connectivity index (χ1) is 31.0. The van der Waals surface area contributed by atoms with Gasteiger partial charge < -0.3 is 34.6 Å². The van der Waals surface area contributed by atoms with Crippen LogP contribution in [-0.2, 0) is 43.3 Å². The van der Waals surface area contributed by atoms with Crippen molar-refractivity contribution in [3.05, 3.63) is 58.2 Å². The van der Waals surface area contributed by atoms with Gasteiger partial charge in [0.1, 0.15) is 18.1 Å². The summed E-state index contributed by atoms with van der Waals surface area (Å²) in [6.45, 7) is 17.2. The monoisotopic (exact) mass is 908 g/mol. The number of thiazole rings is 1. The van der Waals surface area contributed by atoms with E-state index >= 15 is 0 Å². The summed E-state index contributed by atoms with van der Waals surface area (Å²) in [6.07, 6.45) is 3.58. The number of esters is 1. The number of carbonyl (C=O) groups excluding carboxylic acids is 5. The molecule has 348 valence electrons. The number of aryl methyl sites for hydroxylation is 1. The van der Waals surface area contributed by atoms with Gasteiger partial charge in [-0.15, -0.1) is 11.3 Å². The van der Waals surface area contributed by atoms with Crippen LogP contribution in [0.1, 0.15) is 83.5 Å². The number of fused-ring (bicyclic) bond motifs is 6.